The molecule has 0 unspecified atom stereocenters. The number of amides is 4. The number of hydrogen-bond acceptors (Lipinski definition) is 5. The van der Waals surface area contributed by atoms with Gasteiger partial charge >= 0.3 is 6.03 Å². The molecule has 0 saturated carbocycles. The Kier molecular flexibility index (Phi) is 4.29. The topological polar surface area (TPSA) is 84.5 Å². The molecule has 134 valence electrons. The lowest BCUT2D eigenvalue weighted by Crippen LogP contribution is -2.51. The minimum absolute atomic E-state index is 0.122. The molecule has 2 aromatic rings. The highest BCUT2D eigenvalue weighted by Crippen LogP contribution is 2.39. The van der Waals surface area contributed by atoms with Crippen LogP contribution in [0.3, 0.4) is 0 Å². The third-order valence-corrected chi connectivity index (χ3v) is 4.97. The highest BCUT2D eigenvalue weighted by molar-refractivity contribution is 7.98. The van der Waals surface area contributed by atoms with E-state index in [4.69, 9.17) is 4.74 Å². The number of nitrogens with one attached hydrogen (secondary N) is 2. The maximum absolute atomic E-state index is 12.3. The molecular formula is C20H14N2O4S. The van der Waals surface area contributed by atoms with E-state index in [0.29, 0.717) is 22.6 Å². The Bertz CT molecular complexity index is 1020. The van der Waals surface area contributed by atoms with Crippen LogP contribution in [0.2, 0.25) is 0 Å². The van der Waals surface area contributed by atoms with Crippen LogP contribution in [0.1, 0.15) is 11.1 Å². The highest BCUT2D eigenvalue weighted by Gasteiger charge is 2.33. The smallest absolute Gasteiger partial charge is 0.328 e. The molecule has 6 nitrogen and oxygen atoms in total. The quantitative estimate of drug-likeness (QED) is 0.477. The van der Waals surface area contributed by atoms with Crippen molar-refractivity contribution in [3.63, 3.8) is 0 Å². The molecule has 0 aliphatic carbocycles. The van der Waals surface area contributed by atoms with E-state index in [1.54, 1.807) is 36.0 Å². The second kappa shape index (κ2) is 6.77. The van der Waals surface area contributed by atoms with Crippen molar-refractivity contribution in [1.29, 1.82) is 0 Å². The average Bonchev–Trinajstić information content (AvgIpc) is 2.67. The number of urea groups is 1. The average molecular weight is 378 g/mol. The summed E-state index contributed by atoms with van der Waals surface area (Å²) < 4.78 is 5.99. The fourth-order valence-electron chi connectivity index (χ4n) is 2.95. The number of benzene rings is 2. The number of hydrogen-bond donors (Lipinski definition) is 2. The Morgan fingerprint density at radius 1 is 0.889 bits per heavy atom. The van der Waals surface area contributed by atoms with Crippen LogP contribution >= 0.6 is 11.8 Å². The number of allylic oxidation sites excluding steroid dienone is 2. The van der Waals surface area contributed by atoms with E-state index < -0.39 is 17.8 Å². The number of para-hydroxylation sites is 1. The summed E-state index contributed by atoms with van der Waals surface area (Å²) in [6, 6.07) is 14.1. The molecule has 1 saturated heterocycles. The van der Waals surface area contributed by atoms with E-state index in [2.05, 4.69) is 10.6 Å². The lowest BCUT2D eigenvalue weighted by Gasteiger charge is -2.23. The van der Waals surface area contributed by atoms with Gasteiger partial charge in [0.05, 0.1) is 0 Å². The third-order valence-electron chi connectivity index (χ3n) is 4.22. The number of imide groups is 2. The molecule has 2 heterocycles. The largest absolute Gasteiger partial charge is 0.456 e. The Balaban J connectivity index is 1.88. The molecule has 1 fully saturated rings. The number of thioether (sulfide) groups is 1. The monoisotopic (exact) mass is 378 g/mol. The van der Waals surface area contributed by atoms with Crippen molar-refractivity contribution < 1.29 is 19.1 Å². The molecule has 27 heavy (non-hydrogen) atoms. The number of barbiturate groups is 1. The normalized spacial score (nSPS) is 16.2. The van der Waals surface area contributed by atoms with Gasteiger partial charge in [-0.1, -0.05) is 30.3 Å². The Hall–Kier alpha value is -3.32. The van der Waals surface area contributed by atoms with Crippen molar-refractivity contribution in [3.05, 3.63) is 71.3 Å². The maximum atomic E-state index is 12.3. The van der Waals surface area contributed by atoms with Crippen LogP contribution in [0.15, 0.2) is 65.1 Å². The molecule has 7 heteroatoms. The van der Waals surface area contributed by atoms with Gasteiger partial charge in [0, 0.05) is 21.6 Å². The molecule has 2 aliphatic heterocycles. The molecule has 0 radical (unpaired) electrons. The number of ether oxygens (including phenoxy) is 1. The fraction of sp³-hybridized carbons (Fsp3) is 0.0500. The number of carbonyl (C=O) groups excluding carboxylic acids is 3. The van der Waals surface area contributed by atoms with E-state index in [9.17, 15) is 14.4 Å². The van der Waals surface area contributed by atoms with E-state index in [0.717, 1.165) is 10.5 Å². The molecule has 0 aromatic heterocycles. The summed E-state index contributed by atoms with van der Waals surface area (Å²) in [4.78, 5) is 37.1. The summed E-state index contributed by atoms with van der Waals surface area (Å²) in [7, 11) is 0. The zero-order valence-electron chi connectivity index (χ0n) is 14.2. The van der Waals surface area contributed by atoms with Gasteiger partial charge in [-0.15, -0.1) is 11.8 Å². The van der Waals surface area contributed by atoms with E-state index in [1.165, 1.54) is 0 Å². The summed E-state index contributed by atoms with van der Waals surface area (Å²) in [5.41, 5.74) is 1.71. The van der Waals surface area contributed by atoms with Gasteiger partial charge in [-0.3, -0.25) is 20.2 Å². The number of rotatable bonds is 2. The Morgan fingerprint density at radius 3 is 2.22 bits per heavy atom. The van der Waals surface area contributed by atoms with Crippen molar-refractivity contribution in [2.75, 3.05) is 6.26 Å². The third kappa shape index (κ3) is 3.13. The minimum Gasteiger partial charge on any atom is -0.456 e. The Labute approximate surface area is 159 Å². The first-order valence-corrected chi connectivity index (χ1v) is 9.33. The molecule has 2 aliphatic rings. The predicted octanol–water partition coefficient (Wildman–Crippen LogP) is 2.96. The lowest BCUT2D eigenvalue weighted by molar-refractivity contribution is -0.123. The molecule has 2 aromatic carbocycles. The molecule has 0 spiro atoms. The van der Waals surface area contributed by atoms with Gasteiger partial charge in [-0.25, -0.2) is 4.79 Å². The van der Waals surface area contributed by atoms with Crippen LogP contribution in [0, 0.1) is 0 Å². The van der Waals surface area contributed by atoms with Gasteiger partial charge in [0.25, 0.3) is 11.8 Å². The SMILES string of the molecule is CSc1ccc(C2=CC(=C3C(=O)NC(=O)NC3=O)c3ccccc3O2)cc1. The number of fused-ring (bicyclic) bond motifs is 1. The maximum Gasteiger partial charge on any atom is 0.328 e. The number of carbonyl (C=O) groups is 3. The summed E-state index contributed by atoms with van der Waals surface area (Å²) in [6.45, 7) is 0. The second-order valence-corrected chi connectivity index (χ2v) is 6.74. The van der Waals surface area contributed by atoms with Crippen LogP contribution in [0.5, 0.6) is 5.75 Å². The summed E-state index contributed by atoms with van der Waals surface area (Å²) in [6.07, 6.45) is 3.65. The first kappa shape index (κ1) is 17.1. The lowest BCUT2D eigenvalue weighted by atomic mass is 9.93. The fourth-order valence-corrected chi connectivity index (χ4v) is 3.36. The molecular weight excluding hydrogens is 364 g/mol. The zero-order valence-corrected chi connectivity index (χ0v) is 15.1. The van der Waals surface area contributed by atoms with Crippen LogP contribution in [-0.4, -0.2) is 24.1 Å². The van der Waals surface area contributed by atoms with Gasteiger partial charge in [0.1, 0.15) is 17.1 Å². The molecule has 4 rings (SSSR count). The van der Waals surface area contributed by atoms with E-state index in [1.807, 2.05) is 36.6 Å². The Morgan fingerprint density at radius 2 is 1.56 bits per heavy atom. The van der Waals surface area contributed by atoms with Crippen molar-refractivity contribution in [2.45, 2.75) is 4.90 Å². The summed E-state index contributed by atoms with van der Waals surface area (Å²) in [5, 5.41) is 4.23. The standard InChI is InChI=1S/C20H14N2O4S/c1-27-12-8-6-11(7-9-12)16-10-14(13-4-2-3-5-15(13)26-16)17-18(23)21-20(25)22-19(17)24/h2-10H,1H3,(H2,21,22,23,24,25). The summed E-state index contributed by atoms with van der Waals surface area (Å²) >= 11 is 1.63. The van der Waals surface area contributed by atoms with Gasteiger partial charge < -0.3 is 4.74 Å². The van der Waals surface area contributed by atoms with Crippen LogP contribution < -0.4 is 15.4 Å². The van der Waals surface area contributed by atoms with Gasteiger partial charge in [0.15, 0.2) is 0 Å². The minimum atomic E-state index is -0.827. The predicted molar refractivity (Wildman–Crippen MR) is 102 cm³/mol. The first-order chi connectivity index (χ1) is 13.1. The van der Waals surface area contributed by atoms with E-state index in [-0.39, 0.29) is 5.57 Å². The van der Waals surface area contributed by atoms with Gasteiger partial charge in [-0.05, 0) is 30.5 Å². The summed E-state index contributed by atoms with van der Waals surface area (Å²) in [5.74, 6) is -0.419. The van der Waals surface area contributed by atoms with E-state index >= 15 is 0 Å². The first-order valence-electron chi connectivity index (χ1n) is 8.11. The zero-order chi connectivity index (χ0) is 19.0. The van der Waals surface area contributed by atoms with Crippen LogP contribution in [0.25, 0.3) is 11.3 Å². The molecule has 2 N–H and O–H groups in total. The van der Waals surface area contributed by atoms with Gasteiger partial charge in [0.2, 0.25) is 0 Å². The molecule has 0 bridgehead atoms. The molecule has 4 amide bonds. The van der Waals surface area contributed by atoms with Crippen molar-refractivity contribution in [2.24, 2.45) is 0 Å². The van der Waals surface area contributed by atoms with Crippen molar-refractivity contribution in [3.8, 4) is 5.75 Å². The van der Waals surface area contributed by atoms with Crippen molar-refractivity contribution in [1.82, 2.24) is 10.6 Å². The highest BCUT2D eigenvalue weighted by atomic mass is 32.2. The van der Waals surface area contributed by atoms with Crippen LogP contribution in [0.4, 0.5) is 4.79 Å². The van der Waals surface area contributed by atoms with Crippen molar-refractivity contribution >= 4 is 40.9 Å². The second-order valence-electron chi connectivity index (χ2n) is 5.86. The van der Waals surface area contributed by atoms with Crippen LogP contribution in [-0.2, 0) is 9.59 Å². The van der Waals surface area contributed by atoms with Gasteiger partial charge in [-0.2, -0.15) is 0 Å². The molecule has 0 atom stereocenters.